The fraction of sp³-hybridized carbons (Fsp3) is 0.636. The quantitative estimate of drug-likeness (QED) is 0.615. The van der Waals surface area contributed by atoms with Gasteiger partial charge in [-0.15, -0.1) is 11.3 Å². The normalized spacial score (nSPS) is 10.6. The molecule has 0 aliphatic carbocycles. The Kier molecular flexibility index (Phi) is 3.80. The van der Waals surface area contributed by atoms with Gasteiger partial charge in [-0.05, 0) is 43.2 Å². The molecule has 1 heterocycles. The minimum atomic E-state index is 1.29. The molecule has 0 saturated heterocycles. The van der Waals surface area contributed by atoms with Crippen LogP contribution in [-0.4, -0.2) is 0 Å². The Balaban J connectivity index is 2.46. The number of thiophene rings is 1. The average molecular weight is 182 g/mol. The van der Waals surface area contributed by atoms with Crippen LogP contribution in [0.2, 0.25) is 0 Å². The van der Waals surface area contributed by atoms with E-state index in [1.165, 1.54) is 36.8 Å². The maximum Gasteiger partial charge on any atom is 0.00771 e. The smallest absolute Gasteiger partial charge is 0.00771 e. The summed E-state index contributed by atoms with van der Waals surface area (Å²) in [6, 6.07) is 0. The standard InChI is InChI=1S/C11H18S/c1-4-5-6-7-11-10(3)9(2)8-12-11/h8H,4-7H2,1-3H3. The highest BCUT2D eigenvalue weighted by Gasteiger charge is 2.02. The zero-order valence-corrected chi connectivity index (χ0v) is 9.13. The van der Waals surface area contributed by atoms with Crippen molar-refractivity contribution in [1.82, 2.24) is 0 Å². The molecule has 0 N–H and O–H groups in total. The summed E-state index contributed by atoms with van der Waals surface area (Å²) in [5, 5.41) is 2.27. The van der Waals surface area contributed by atoms with Gasteiger partial charge in [0.2, 0.25) is 0 Å². The maximum absolute atomic E-state index is 2.27. The van der Waals surface area contributed by atoms with Gasteiger partial charge in [0.25, 0.3) is 0 Å². The van der Waals surface area contributed by atoms with Crippen LogP contribution in [0.1, 0.15) is 42.2 Å². The van der Waals surface area contributed by atoms with Gasteiger partial charge in [-0.25, -0.2) is 0 Å². The highest BCUT2D eigenvalue weighted by atomic mass is 32.1. The van der Waals surface area contributed by atoms with E-state index in [1.54, 1.807) is 4.88 Å². The molecular formula is C11H18S. The molecule has 0 nitrogen and oxygen atoms in total. The van der Waals surface area contributed by atoms with Crippen LogP contribution in [0.4, 0.5) is 0 Å². The van der Waals surface area contributed by atoms with Crippen LogP contribution >= 0.6 is 11.3 Å². The third-order valence-electron chi connectivity index (χ3n) is 2.40. The summed E-state index contributed by atoms with van der Waals surface area (Å²) < 4.78 is 0. The second-order valence-electron chi connectivity index (χ2n) is 3.42. The van der Waals surface area contributed by atoms with Crippen molar-refractivity contribution in [1.29, 1.82) is 0 Å². The summed E-state index contributed by atoms with van der Waals surface area (Å²) in [7, 11) is 0. The first kappa shape index (κ1) is 9.79. The summed E-state index contributed by atoms with van der Waals surface area (Å²) in [5.41, 5.74) is 2.99. The maximum atomic E-state index is 2.27. The molecule has 0 spiro atoms. The Morgan fingerprint density at radius 3 is 2.50 bits per heavy atom. The van der Waals surface area contributed by atoms with Crippen LogP contribution in [0.3, 0.4) is 0 Å². The number of hydrogen-bond donors (Lipinski definition) is 0. The van der Waals surface area contributed by atoms with E-state index in [9.17, 15) is 0 Å². The summed E-state index contributed by atoms with van der Waals surface area (Å²) in [4.78, 5) is 1.60. The van der Waals surface area contributed by atoms with Crippen LogP contribution in [0.15, 0.2) is 5.38 Å². The van der Waals surface area contributed by atoms with Crippen molar-refractivity contribution < 1.29 is 0 Å². The molecule has 1 aromatic rings. The van der Waals surface area contributed by atoms with Gasteiger partial charge in [0, 0.05) is 4.88 Å². The largest absolute Gasteiger partial charge is 0.148 e. The molecule has 1 aromatic heterocycles. The minimum absolute atomic E-state index is 1.29. The van der Waals surface area contributed by atoms with Crippen molar-refractivity contribution in [2.75, 3.05) is 0 Å². The van der Waals surface area contributed by atoms with Crippen molar-refractivity contribution in [3.63, 3.8) is 0 Å². The molecule has 0 unspecified atom stereocenters. The van der Waals surface area contributed by atoms with E-state index in [4.69, 9.17) is 0 Å². The molecule has 1 heteroatoms. The lowest BCUT2D eigenvalue weighted by Gasteiger charge is -1.98. The molecule has 0 radical (unpaired) electrons. The monoisotopic (exact) mass is 182 g/mol. The van der Waals surface area contributed by atoms with Gasteiger partial charge in [-0.3, -0.25) is 0 Å². The fourth-order valence-electron chi connectivity index (χ4n) is 1.34. The van der Waals surface area contributed by atoms with Gasteiger partial charge in [0.1, 0.15) is 0 Å². The van der Waals surface area contributed by atoms with Gasteiger partial charge < -0.3 is 0 Å². The van der Waals surface area contributed by atoms with Crippen LogP contribution in [0.25, 0.3) is 0 Å². The Hall–Kier alpha value is -0.300. The number of hydrogen-bond acceptors (Lipinski definition) is 1. The molecule has 0 aliphatic heterocycles. The van der Waals surface area contributed by atoms with Gasteiger partial charge in [0.05, 0.1) is 0 Å². The van der Waals surface area contributed by atoms with Gasteiger partial charge in [-0.2, -0.15) is 0 Å². The molecule has 0 aromatic carbocycles. The van der Waals surface area contributed by atoms with E-state index < -0.39 is 0 Å². The molecular weight excluding hydrogens is 164 g/mol. The first-order valence-corrected chi connectivity index (χ1v) is 5.67. The van der Waals surface area contributed by atoms with Crippen molar-refractivity contribution in [2.24, 2.45) is 0 Å². The molecule has 0 atom stereocenters. The SMILES string of the molecule is CCCCCc1scc(C)c1C. The van der Waals surface area contributed by atoms with E-state index >= 15 is 0 Å². The zero-order chi connectivity index (χ0) is 8.97. The first-order valence-electron chi connectivity index (χ1n) is 4.79. The van der Waals surface area contributed by atoms with Crippen LogP contribution < -0.4 is 0 Å². The second-order valence-corrected chi connectivity index (χ2v) is 4.39. The highest BCUT2D eigenvalue weighted by Crippen LogP contribution is 2.22. The fourth-order valence-corrected chi connectivity index (χ4v) is 2.43. The van der Waals surface area contributed by atoms with E-state index in [2.05, 4.69) is 26.2 Å². The third-order valence-corrected chi connectivity index (χ3v) is 3.66. The predicted molar refractivity (Wildman–Crippen MR) is 57.0 cm³/mol. The first-order chi connectivity index (χ1) is 5.75. The van der Waals surface area contributed by atoms with Crippen molar-refractivity contribution in [3.8, 4) is 0 Å². The van der Waals surface area contributed by atoms with Gasteiger partial charge in [-0.1, -0.05) is 19.8 Å². The minimum Gasteiger partial charge on any atom is -0.148 e. The van der Waals surface area contributed by atoms with Crippen molar-refractivity contribution in [3.05, 3.63) is 21.4 Å². The van der Waals surface area contributed by atoms with Crippen molar-refractivity contribution >= 4 is 11.3 Å². The predicted octanol–water partition coefficient (Wildman–Crippen LogP) is 4.10. The Morgan fingerprint density at radius 1 is 1.25 bits per heavy atom. The Bertz CT molecular complexity index is 235. The lowest BCUT2D eigenvalue weighted by atomic mass is 10.1. The zero-order valence-electron chi connectivity index (χ0n) is 8.31. The van der Waals surface area contributed by atoms with Crippen LogP contribution in [0.5, 0.6) is 0 Å². The van der Waals surface area contributed by atoms with Crippen LogP contribution in [-0.2, 0) is 6.42 Å². The van der Waals surface area contributed by atoms with Crippen molar-refractivity contribution in [2.45, 2.75) is 46.5 Å². The lowest BCUT2D eigenvalue weighted by molar-refractivity contribution is 0.721. The molecule has 0 fully saturated rings. The van der Waals surface area contributed by atoms with E-state index in [0.717, 1.165) is 0 Å². The molecule has 0 bridgehead atoms. The third kappa shape index (κ3) is 2.34. The molecule has 12 heavy (non-hydrogen) atoms. The highest BCUT2D eigenvalue weighted by molar-refractivity contribution is 7.10. The van der Waals surface area contributed by atoms with E-state index in [-0.39, 0.29) is 0 Å². The summed E-state index contributed by atoms with van der Waals surface area (Å²) in [6.07, 6.45) is 5.34. The van der Waals surface area contributed by atoms with E-state index in [0.29, 0.717) is 0 Å². The molecule has 0 aliphatic rings. The lowest BCUT2D eigenvalue weighted by Crippen LogP contribution is -1.84. The second kappa shape index (κ2) is 4.66. The summed E-state index contributed by atoms with van der Waals surface area (Å²) >= 11 is 1.93. The number of rotatable bonds is 4. The molecule has 0 saturated carbocycles. The molecule has 0 amide bonds. The van der Waals surface area contributed by atoms with E-state index in [1.807, 2.05) is 11.3 Å². The average Bonchev–Trinajstić information content (AvgIpc) is 2.36. The topological polar surface area (TPSA) is 0 Å². The number of aryl methyl sites for hydroxylation is 2. The number of unbranched alkanes of at least 4 members (excludes halogenated alkanes) is 2. The molecule has 68 valence electrons. The van der Waals surface area contributed by atoms with Gasteiger partial charge in [0.15, 0.2) is 0 Å². The van der Waals surface area contributed by atoms with Crippen LogP contribution in [0, 0.1) is 13.8 Å². The Labute approximate surface area is 79.6 Å². The van der Waals surface area contributed by atoms with Gasteiger partial charge >= 0.3 is 0 Å². The summed E-state index contributed by atoms with van der Waals surface area (Å²) in [6.45, 7) is 6.70. The Morgan fingerprint density at radius 2 is 2.00 bits per heavy atom. The molecule has 1 rings (SSSR count). The summed E-state index contributed by atoms with van der Waals surface area (Å²) in [5.74, 6) is 0.